The van der Waals surface area contributed by atoms with E-state index in [4.69, 9.17) is 11.6 Å². The summed E-state index contributed by atoms with van der Waals surface area (Å²) in [5, 5.41) is 0.290. The lowest BCUT2D eigenvalue weighted by Gasteiger charge is -2.13. The maximum Gasteiger partial charge on any atom is 0.136 e. The Kier molecular flexibility index (Phi) is 3.57. The molecule has 0 unspecified atom stereocenters. The first-order valence-electron chi connectivity index (χ1n) is 5.46. The van der Waals surface area contributed by atoms with Crippen LogP contribution in [0.5, 0.6) is 0 Å². The monoisotopic (exact) mass is 268 g/mol. The van der Waals surface area contributed by atoms with E-state index in [1.165, 1.54) is 18.5 Å². The molecule has 2 aromatic rings. The van der Waals surface area contributed by atoms with Crippen molar-refractivity contribution in [2.75, 3.05) is 0 Å². The molecule has 0 bridgehead atoms. The summed E-state index contributed by atoms with van der Waals surface area (Å²) in [5.74, 6) is -1.24. The highest BCUT2D eigenvalue weighted by Gasteiger charge is 2.17. The Morgan fingerprint density at radius 3 is 2.50 bits per heavy atom. The molecule has 94 valence electrons. The van der Waals surface area contributed by atoms with Gasteiger partial charge in [0.05, 0.1) is 5.69 Å². The van der Waals surface area contributed by atoms with E-state index in [2.05, 4.69) is 9.97 Å². The van der Waals surface area contributed by atoms with E-state index in [1.54, 1.807) is 0 Å². The van der Waals surface area contributed by atoms with Crippen molar-refractivity contribution in [3.8, 4) is 11.3 Å². The molecule has 0 saturated heterocycles. The third-order valence-corrected chi connectivity index (χ3v) is 2.90. The minimum Gasteiger partial charge on any atom is -0.236 e. The zero-order valence-electron chi connectivity index (χ0n) is 9.92. The summed E-state index contributed by atoms with van der Waals surface area (Å²) in [6.45, 7) is 3.82. The molecule has 1 aromatic heterocycles. The van der Waals surface area contributed by atoms with Gasteiger partial charge in [-0.15, -0.1) is 0 Å². The number of benzene rings is 1. The van der Waals surface area contributed by atoms with Gasteiger partial charge in [-0.05, 0) is 18.1 Å². The van der Waals surface area contributed by atoms with E-state index in [0.717, 1.165) is 6.07 Å². The Morgan fingerprint density at radius 2 is 1.89 bits per heavy atom. The van der Waals surface area contributed by atoms with Crippen LogP contribution in [-0.4, -0.2) is 9.97 Å². The van der Waals surface area contributed by atoms with Gasteiger partial charge in [0.15, 0.2) is 0 Å². The quantitative estimate of drug-likeness (QED) is 0.763. The van der Waals surface area contributed by atoms with Crippen LogP contribution in [0.15, 0.2) is 24.5 Å². The third-order valence-electron chi connectivity index (χ3n) is 2.60. The van der Waals surface area contributed by atoms with Crippen LogP contribution in [0.1, 0.15) is 25.3 Å². The lowest BCUT2D eigenvalue weighted by atomic mass is 9.98. The Bertz CT molecular complexity index is 585. The second-order valence-corrected chi connectivity index (χ2v) is 4.56. The number of hydrogen-bond acceptors (Lipinski definition) is 2. The highest BCUT2D eigenvalue weighted by molar-refractivity contribution is 6.30. The van der Waals surface area contributed by atoms with Crippen LogP contribution < -0.4 is 0 Å². The van der Waals surface area contributed by atoms with Crippen molar-refractivity contribution in [3.05, 3.63) is 46.9 Å². The van der Waals surface area contributed by atoms with Crippen LogP contribution >= 0.6 is 11.6 Å². The Labute approximate surface area is 109 Å². The van der Waals surface area contributed by atoms with Crippen molar-refractivity contribution in [3.63, 3.8) is 0 Å². The van der Waals surface area contributed by atoms with Crippen LogP contribution in [0.2, 0.25) is 5.15 Å². The SMILES string of the molecule is CC(C)c1c(Cl)ncnc1-c1ccc(F)cc1F. The predicted molar refractivity (Wildman–Crippen MR) is 66.5 cm³/mol. The van der Waals surface area contributed by atoms with Gasteiger partial charge in [0, 0.05) is 17.2 Å². The molecule has 0 amide bonds. The molecular formula is C13H11ClF2N2. The molecule has 0 aliphatic rings. The van der Waals surface area contributed by atoms with E-state index in [9.17, 15) is 8.78 Å². The van der Waals surface area contributed by atoms with Gasteiger partial charge in [0.25, 0.3) is 0 Å². The summed E-state index contributed by atoms with van der Waals surface area (Å²) in [6, 6.07) is 3.38. The summed E-state index contributed by atoms with van der Waals surface area (Å²) in [6.07, 6.45) is 1.27. The maximum absolute atomic E-state index is 13.8. The lowest BCUT2D eigenvalue weighted by Crippen LogP contribution is -2.00. The van der Waals surface area contributed by atoms with Gasteiger partial charge in [-0.1, -0.05) is 25.4 Å². The summed E-state index contributed by atoms with van der Waals surface area (Å²) in [5.41, 5.74) is 1.29. The maximum atomic E-state index is 13.8. The molecule has 18 heavy (non-hydrogen) atoms. The van der Waals surface area contributed by atoms with E-state index in [1.807, 2.05) is 13.8 Å². The summed E-state index contributed by atoms with van der Waals surface area (Å²) >= 11 is 6.01. The first-order valence-corrected chi connectivity index (χ1v) is 5.84. The third kappa shape index (κ3) is 2.34. The topological polar surface area (TPSA) is 25.8 Å². The molecular weight excluding hydrogens is 258 g/mol. The Balaban J connectivity index is 2.67. The summed E-state index contributed by atoms with van der Waals surface area (Å²) in [4.78, 5) is 7.96. The van der Waals surface area contributed by atoms with Gasteiger partial charge in [-0.25, -0.2) is 18.7 Å². The summed E-state index contributed by atoms with van der Waals surface area (Å²) < 4.78 is 26.7. The fourth-order valence-electron chi connectivity index (χ4n) is 1.78. The van der Waals surface area contributed by atoms with Crippen LogP contribution in [0.4, 0.5) is 8.78 Å². The van der Waals surface area contributed by atoms with Gasteiger partial charge < -0.3 is 0 Å². The standard InChI is InChI=1S/C13H11ClF2N2/c1-7(2)11-12(17-6-18-13(11)14)9-4-3-8(15)5-10(9)16/h3-7H,1-2H3. The molecule has 0 aliphatic heterocycles. The second-order valence-electron chi connectivity index (χ2n) is 4.21. The fourth-order valence-corrected chi connectivity index (χ4v) is 2.13. The first-order chi connectivity index (χ1) is 8.50. The van der Waals surface area contributed by atoms with Crippen molar-refractivity contribution in [2.24, 2.45) is 0 Å². The molecule has 2 nitrogen and oxygen atoms in total. The molecule has 0 saturated carbocycles. The van der Waals surface area contributed by atoms with E-state index < -0.39 is 11.6 Å². The molecule has 0 fully saturated rings. The highest BCUT2D eigenvalue weighted by Crippen LogP contribution is 2.32. The number of rotatable bonds is 2. The molecule has 1 heterocycles. The van der Waals surface area contributed by atoms with Crippen molar-refractivity contribution in [1.82, 2.24) is 9.97 Å². The smallest absolute Gasteiger partial charge is 0.136 e. The normalized spacial score (nSPS) is 11.0. The molecule has 0 atom stereocenters. The van der Waals surface area contributed by atoms with Crippen LogP contribution in [0, 0.1) is 11.6 Å². The number of aromatic nitrogens is 2. The van der Waals surface area contributed by atoms with Gasteiger partial charge >= 0.3 is 0 Å². The molecule has 1 aromatic carbocycles. The zero-order valence-corrected chi connectivity index (χ0v) is 10.7. The minimum absolute atomic E-state index is 0.0400. The predicted octanol–water partition coefficient (Wildman–Crippen LogP) is 4.20. The highest BCUT2D eigenvalue weighted by atomic mass is 35.5. The second kappa shape index (κ2) is 4.98. The van der Waals surface area contributed by atoms with Crippen LogP contribution in [0.25, 0.3) is 11.3 Å². The molecule has 0 N–H and O–H groups in total. The van der Waals surface area contributed by atoms with Crippen molar-refractivity contribution in [2.45, 2.75) is 19.8 Å². The Morgan fingerprint density at radius 1 is 1.17 bits per heavy atom. The van der Waals surface area contributed by atoms with E-state index >= 15 is 0 Å². The molecule has 2 rings (SSSR count). The van der Waals surface area contributed by atoms with Crippen molar-refractivity contribution in [1.29, 1.82) is 0 Å². The number of halogens is 3. The van der Waals surface area contributed by atoms with Gasteiger partial charge in [-0.3, -0.25) is 0 Å². The fraction of sp³-hybridized carbons (Fsp3) is 0.231. The molecule has 0 aliphatic carbocycles. The molecule has 0 radical (unpaired) electrons. The van der Waals surface area contributed by atoms with Crippen LogP contribution in [-0.2, 0) is 0 Å². The average Bonchev–Trinajstić information content (AvgIpc) is 2.28. The van der Waals surface area contributed by atoms with Gasteiger partial charge in [-0.2, -0.15) is 0 Å². The van der Waals surface area contributed by atoms with Gasteiger partial charge in [0.1, 0.15) is 23.1 Å². The largest absolute Gasteiger partial charge is 0.236 e. The van der Waals surface area contributed by atoms with E-state index in [-0.39, 0.29) is 11.5 Å². The van der Waals surface area contributed by atoms with Crippen molar-refractivity contribution < 1.29 is 8.78 Å². The average molecular weight is 269 g/mol. The molecule has 5 heteroatoms. The summed E-state index contributed by atoms with van der Waals surface area (Å²) in [7, 11) is 0. The van der Waals surface area contributed by atoms with E-state index in [0.29, 0.717) is 16.4 Å². The minimum atomic E-state index is -0.660. The number of nitrogens with zero attached hydrogens (tertiary/aromatic N) is 2. The Hall–Kier alpha value is -1.55. The van der Waals surface area contributed by atoms with Crippen molar-refractivity contribution >= 4 is 11.6 Å². The van der Waals surface area contributed by atoms with Gasteiger partial charge in [0.2, 0.25) is 0 Å². The first kappa shape index (κ1) is 12.9. The molecule has 0 spiro atoms. The number of hydrogen-bond donors (Lipinski definition) is 0. The zero-order chi connectivity index (χ0) is 13.3. The van der Waals surface area contributed by atoms with Crippen LogP contribution in [0.3, 0.4) is 0 Å². The lowest BCUT2D eigenvalue weighted by molar-refractivity contribution is 0.585.